The van der Waals surface area contributed by atoms with E-state index in [1.54, 1.807) is 24.2 Å². The zero-order valence-electron chi connectivity index (χ0n) is 22.0. The molecule has 3 N–H and O–H groups in total. The number of nitrogens with one attached hydrogen (secondary N) is 3. The molecular weight excluding hydrogens is 496 g/mol. The van der Waals surface area contributed by atoms with Gasteiger partial charge in [-0.05, 0) is 58.2 Å². The SMILES string of the molecule is CCn1ncc2c(NCc3ccc(OC)c(Cl)c3)c(C(=O)NCCCCNC(=O)OC(C)(C)C)cnc21. The summed E-state index contributed by atoms with van der Waals surface area (Å²) >= 11 is 6.28. The molecule has 0 spiro atoms. The largest absolute Gasteiger partial charge is 0.495 e. The lowest BCUT2D eigenvalue weighted by molar-refractivity contribution is 0.0526. The Morgan fingerprint density at radius 3 is 2.49 bits per heavy atom. The van der Waals surface area contributed by atoms with Crippen LogP contribution in [0.3, 0.4) is 0 Å². The van der Waals surface area contributed by atoms with Crippen LogP contribution >= 0.6 is 11.6 Å². The highest BCUT2D eigenvalue weighted by Crippen LogP contribution is 2.28. The number of nitrogens with zero attached hydrogens (tertiary/aromatic N) is 3. The third-order valence-corrected chi connectivity index (χ3v) is 5.75. The highest BCUT2D eigenvalue weighted by Gasteiger charge is 2.18. The fourth-order valence-electron chi connectivity index (χ4n) is 3.68. The van der Waals surface area contributed by atoms with E-state index in [1.165, 1.54) is 0 Å². The van der Waals surface area contributed by atoms with Gasteiger partial charge in [0.1, 0.15) is 11.4 Å². The average molecular weight is 531 g/mol. The first-order valence-corrected chi connectivity index (χ1v) is 12.7. The zero-order valence-corrected chi connectivity index (χ0v) is 22.7. The number of hydrogen-bond acceptors (Lipinski definition) is 7. The van der Waals surface area contributed by atoms with Crippen LogP contribution in [0.5, 0.6) is 5.75 Å². The van der Waals surface area contributed by atoms with E-state index in [2.05, 4.69) is 26.0 Å². The summed E-state index contributed by atoms with van der Waals surface area (Å²) < 4.78 is 12.2. The predicted molar refractivity (Wildman–Crippen MR) is 144 cm³/mol. The second-order valence-electron chi connectivity index (χ2n) is 9.46. The van der Waals surface area contributed by atoms with Gasteiger partial charge in [-0.2, -0.15) is 5.10 Å². The number of rotatable bonds is 11. The van der Waals surface area contributed by atoms with Crippen molar-refractivity contribution >= 4 is 40.3 Å². The Hall–Kier alpha value is -3.53. The summed E-state index contributed by atoms with van der Waals surface area (Å²) in [6.07, 6.45) is 4.23. The van der Waals surface area contributed by atoms with Gasteiger partial charge in [0.15, 0.2) is 5.65 Å². The standard InChI is InChI=1S/C26H35ClN6O4/c1-6-33-23-18(16-32-33)22(30-14-17-9-10-21(36-5)20(27)13-17)19(15-31-23)24(34)28-11-7-8-12-29-25(35)37-26(2,3)4/h9-10,13,15-16H,6-8,11-12,14H2,1-5H3,(H,28,34)(H,29,35)(H,30,31). The number of ether oxygens (including phenoxy) is 2. The zero-order chi connectivity index (χ0) is 27.0. The normalized spacial score (nSPS) is 11.3. The van der Waals surface area contributed by atoms with E-state index in [1.807, 2.05) is 45.9 Å². The van der Waals surface area contributed by atoms with Gasteiger partial charge in [0.25, 0.3) is 5.91 Å². The molecule has 10 nitrogen and oxygen atoms in total. The van der Waals surface area contributed by atoms with Crippen LogP contribution in [0.1, 0.15) is 56.5 Å². The van der Waals surface area contributed by atoms with E-state index in [9.17, 15) is 9.59 Å². The second-order valence-corrected chi connectivity index (χ2v) is 9.87. The number of aromatic nitrogens is 3. The molecular formula is C26H35ClN6O4. The summed E-state index contributed by atoms with van der Waals surface area (Å²) in [6, 6.07) is 5.55. The van der Waals surface area contributed by atoms with Crippen molar-refractivity contribution in [1.29, 1.82) is 0 Å². The number of carbonyl (C=O) groups is 2. The van der Waals surface area contributed by atoms with Gasteiger partial charge in [-0.15, -0.1) is 0 Å². The molecule has 3 rings (SSSR count). The molecule has 0 fully saturated rings. The van der Waals surface area contributed by atoms with Crippen molar-refractivity contribution < 1.29 is 19.1 Å². The number of methoxy groups -OCH3 is 1. The lowest BCUT2D eigenvalue weighted by Crippen LogP contribution is -2.33. The summed E-state index contributed by atoms with van der Waals surface area (Å²) in [5, 5.41) is 14.7. The van der Waals surface area contributed by atoms with Crippen LogP contribution in [-0.4, -0.2) is 52.6 Å². The molecule has 2 heterocycles. The van der Waals surface area contributed by atoms with Crippen molar-refractivity contribution in [3.8, 4) is 5.75 Å². The molecule has 0 unspecified atom stereocenters. The Morgan fingerprint density at radius 1 is 1.11 bits per heavy atom. The first kappa shape index (κ1) is 28.0. The van der Waals surface area contributed by atoms with Crippen molar-refractivity contribution in [2.45, 2.75) is 59.2 Å². The minimum absolute atomic E-state index is 0.242. The number of alkyl carbamates (subject to hydrolysis) is 1. The number of aryl methyl sites for hydroxylation is 1. The maximum atomic E-state index is 13.1. The van der Waals surface area contributed by atoms with Crippen LogP contribution in [0.4, 0.5) is 10.5 Å². The van der Waals surface area contributed by atoms with E-state index in [-0.39, 0.29) is 5.91 Å². The van der Waals surface area contributed by atoms with Gasteiger partial charge in [0.2, 0.25) is 0 Å². The molecule has 11 heteroatoms. The first-order chi connectivity index (χ1) is 17.6. The molecule has 0 bridgehead atoms. The van der Waals surface area contributed by atoms with Gasteiger partial charge in [-0.25, -0.2) is 14.5 Å². The lowest BCUT2D eigenvalue weighted by Gasteiger charge is -2.19. The van der Waals surface area contributed by atoms with Gasteiger partial charge < -0.3 is 25.4 Å². The van der Waals surface area contributed by atoms with Crippen LogP contribution in [0, 0.1) is 0 Å². The number of halogens is 1. The lowest BCUT2D eigenvalue weighted by atomic mass is 10.1. The molecule has 0 radical (unpaired) electrons. The van der Waals surface area contributed by atoms with Gasteiger partial charge in [0.05, 0.1) is 35.0 Å². The molecule has 200 valence electrons. The summed E-state index contributed by atoms with van der Waals surface area (Å²) in [6.45, 7) is 9.45. The number of fused-ring (bicyclic) bond motifs is 1. The molecule has 0 aliphatic heterocycles. The second kappa shape index (κ2) is 12.6. The number of unbranched alkanes of at least 4 members (excludes halogenated alkanes) is 1. The molecule has 0 aliphatic rings. The van der Waals surface area contributed by atoms with Crippen LogP contribution in [0.2, 0.25) is 5.02 Å². The summed E-state index contributed by atoms with van der Waals surface area (Å²) in [7, 11) is 1.57. The summed E-state index contributed by atoms with van der Waals surface area (Å²) in [5.74, 6) is 0.358. The van der Waals surface area contributed by atoms with Crippen molar-refractivity contribution in [3.05, 3.63) is 46.7 Å². The van der Waals surface area contributed by atoms with E-state index in [0.717, 1.165) is 10.9 Å². The Labute approximate surface area is 222 Å². The van der Waals surface area contributed by atoms with Gasteiger partial charge in [0, 0.05) is 32.4 Å². The Balaban J connectivity index is 1.64. The first-order valence-electron chi connectivity index (χ1n) is 12.3. The van der Waals surface area contributed by atoms with E-state index < -0.39 is 11.7 Å². The Bertz CT molecular complexity index is 1240. The Morgan fingerprint density at radius 2 is 1.84 bits per heavy atom. The maximum absolute atomic E-state index is 13.1. The highest BCUT2D eigenvalue weighted by molar-refractivity contribution is 6.32. The maximum Gasteiger partial charge on any atom is 0.407 e. The number of anilines is 1. The molecule has 0 atom stereocenters. The smallest absolute Gasteiger partial charge is 0.407 e. The minimum Gasteiger partial charge on any atom is -0.495 e. The van der Waals surface area contributed by atoms with E-state index in [0.29, 0.717) is 66.7 Å². The van der Waals surface area contributed by atoms with Crippen molar-refractivity contribution in [1.82, 2.24) is 25.4 Å². The fourth-order valence-corrected chi connectivity index (χ4v) is 3.96. The van der Waals surface area contributed by atoms with Crippen LogP contribution in [0.15, 0.2) is 30.6 Å². The van der Waals surface area contributed by atoms with E-state index in [4.69, 9.17) is 21.1 Å². The molecule has 37 heavy (non-hydrogen) atoms. The van der Waals surface area contributed by atoms with Crippen molar-refractivity contribution in [2.24, 2.45) is 0 Å². The molecule has 0 saturated carbocycles. The van der Waals surface area contributed by atoms with E-state index >= 15 is 0 Å². The quantitative estimate of drug-likeness (QED) is 0.306. The number of benzene rings is 1. The summed E-state index contributed by atoms with van der Waals surface area (Å²) in [4.78, 5) is 29.3. The number of carbonyl (C=O) groups excluding carboxylic acids is 2. The molecule has 0 saturated heterocycles. The summed E-state index contributed by atoms with van der Waals surface area (Å²) in [5.41, 5.74) is 2.17. The third-order valence-electron chi connectivity index (χ3n) is 5.45. The van der Waals surface area contributed by atoms with Crippen LogP contribution < -0.4 is 20.7 Å². The molecule has 1 aromatic carbocycles. The van der Waals surface area contributed by atoms with Crippen molar-refractivity contribution in [2.75, 3.05) is 25.5 Å². The Kier molecular flexibility index (Phi) is 9.57. The predicted octanol–water partition coefficient (Wildman–Crippen LogP) is 4.76. The fraction of sp³-hybridized carbons (Fsp3) is 0.462. The van der Waals surface area contributed by atoms with Crippen molar-refractivity contribution in [3.63, 3.8) is 0 Å². The molecule has 0 aliphatic carbocycles. The number of pyridine rings is 1. The molecule has 2 amide bonds. The topological polar surface area (TPSA) is 119 Å². The van der Waals surface area contributed by atoms with Gasteiger partial charge in [-0.1, -0.05) is 17.7 Å². The molecule has 3 aromatic rings. The molecule has 2 aromatic heterocycles. The van der Waals surface area contributed by atoms with Crippen LogP contribution in [-0.2, 0) is 17.8 Å². The third kappa shape index (κ3) is 7.72. The average Bonchev–Trinajstić information content (AvgIpc) is 3.27. The van der Waals surface area contributed by atoms with Gasteiger partial charge >= 0.3 is 6.09 Å². The van der Waals surface area contributed by atoms with Gasteiger partial charge in [-0.3, -0.25) is 4.79 Å². The van der Waals surface area contributed by atoms with Crippen LogP contribution in [0.25, 0.3) is 11.0 Å². The number of amides is 2. The number of hydrogen-bond donors (Lipinski definition) is 3. The minimum atomic E-state index is -0.536. The monoisotopic (exact) mass is 530 g/mol. The highest BCUT2D eigenvalue weighted by atomic mass is 35.5.